The van der Waals surface area contributed by atoms with Gasteiger partial charge in [0, 0.05) is 11.6 Å². The molecule has 0 atom stereocenters. The standard InChI is InChI=1S/C32H28N2O2/c1-2-3-4-7-19-36-29-20-27(33-32(34-29)26-11-5-6-12-28(26)35)24-17-15-23-14-13-21-9-8-10-22-16-18-25(24)31(23)30(21)22/h5-6,8-18,20,35H,2-4,7,19H2,1H3. The Morgan fingerprint density at radius 2 is 1.44 bits per heavy atom. The minimum atomic E-state index is 0.152. The van der Waals surface area contributed by atoms with Gasteiger partial charge in [0.2, 0.25) is 5.88 Å². The molecule has 5 aromatic carbocycles. The summed E-state index contributed by atoms with van der Waals surface area (Å²) in [5, 5.41) is 17.9. The van der Waals surface area contributed by atoms with E-state index in [1.807, 2.05) is 18.2 Å². The fourth-order valence-corrected chi connectivity index (χ4v) is 5.08. The van der Waals surface area contributed by atoms with E-state index in [9.17, 15) is 5.11 Å². The Labute approximate surface area is 210 Å². The van der Waals surface area contributed by atoms with Crippen LogP contribution in [0.4, 0.5) is 0 Å². The molecule has 0 aliphatic carbocycles. The Balaban J connectivity index is 1.51. The highest BCUT2D eigenvalue weighted by Gasteiger charge is 2.16. The third-order valence-electron chi connectivity index (χ3n) is 6.90. The molecule has 6 rings (SSSR count). The molecule has 1 heterocycles. The Hall–Kier alpha value is -4.18. The lowest BCUT2D eigenvalue weighted by atomic mass is 9.91. The van der Waals surface area contributed by atoms with Gasteiger partial charge >= 0.3 is 0 Å². The molecule has 0 aliphatic rings. The zero-order chi connectivity index (χ0) is 24.5. The molecular formula is C32H28N2O2. The Morgan fingerprint density at radius 3 is 2.25 bits per heavy atom. The number of aromatic nitrogens is 2. The number of phenolic OH excluding ortho intramolecular Hbond substituents is 1. The van der Waals surface area contributed by atoms with Crippen LogP contribution in [0.1, 0.15) is 32.6 Å². The maximum absolute atomic E-state index is 10.5. The maximum atomic E-state index is 10.5. The molecule has 0 radical (unpaired) electrons. The quantitative estimate of drug-likeness (QED) is 0.179. The molecule has 0 unspecified atom stereocenters. The van der Waals surface area contributed by atoms with Gasteiger partial charge in [0.1, 0.15) is 5.75 Å². The van der Waals surface area contributed by atoms with Crippen molar-refractivity contribution in [1.82, 2.24) is 9.97 Å². The predicted octanol–water partition coefficient (Wildman–Crippen LogP) is 8.37. The summed E-state index contributed by atoms with van der Waals surface area (Å²) in [5.41, 5.74) is 2.40. The van der Waals surface area contributed by atoms with Crippen molar-refractivity contribution in [3.63, 3.8) is 0 Å². The van der Waals surface area contributed by atoms with Crippen LogP contribution in [-0.2, 0) is 0 Å². The molecule has 4 nitrogen and oxygen atoms in total. The predicted molar refractivity (Wildman–Crippen MR) is 148 cm³/mol. The van der Waals surface area contributed by atoms with Crippen molar-refractivity contribution in [3.8, 4) is 34.3 Å². The molecule has 0 spiro atoms. The normalized spacial score (nSPS) is 11.6. The third kappa shape index (κ3) is 3.99. The molecule has 1 aromatic heterocycles. The summed E-state index contributed by atoms with van der Waals surface area (Å²) in [6.45, 7) is 2.81. The van der Waals surface area contributed by atoms with E-state index < -0.39 is 0 Å². The summed E-state index contributed by atoms with van der Waals surface area (Å²) in [6.07, 6.45) is 4.50. The van der Waals surface area contributed by atoms with Crippen LogP contribution in [0.25, 0.3) is 55.0 Å². The summed E-state index contributed by atoms with van der Waals surface area (Å²) in [6, 6.07) is 28.6. The molecule has 0 aliphatic heterocycles. The fraction of sp³-hybridized carbons (Fsp3) is 0.188. The Morgan fingerprint density at radius 1 is 0.694 bits per heavy atom. The van der Waals surface area contributed by atoms with Crippen molar-refractivity contribution in [2.24, 2.45) is 0 Å². The molecule has 4 heteroatoms. The minimum absolute atomic E-state index is 0.152. The lowest BCUT2D eigenvalue weighted by molar-refractivity contribution is 0.294. The second-order valence-electron chi connectivity index (χ2n) is 9.31. The van der Waals surface area contributed by atoms with E-state index >= 15 is 0 Å². The summed E-state index contributed by atoms with van der Waals surface area (Å²) < 4.78 is 6.11. The molecule has 178 valence electrons. The highest BCUT2D eigenvalue weighted by atomic mass is 16.5. The molecule has 0 fully saturated rings. The van der Waals surface area contributed by atoms with Gasteiger partial charge in [-0.2, -0.15) is 4.98 Å². The number of hydrogen-bond acceptors (Lipinski definition) is 4. The van der Waals surface area contributed by atoms with Gasteiger partial charge in [0.15, 0.2) is 5.82 Å². The molecule has 0 bridgehead atoms. The molecular weight excluding hydrogens is 444 g/mol. The van der Waals surface area contributed by atoms with E-state index in [1.54, 1.807) is 12.1 Å². The van der Waals surface area contributed by atoms with Crippen molar-refractivity contribution >= 4 is 32.3 Å². The summed E-state index contributed by atoms with van der Waals surface area (Å²) >= 11 is 0. The van der Waals surface area contributed by atoms with Gasteiger partial charge in [0.05, 0.1) is 17.9 Å². The number of hydrogen-bond donors (Lipinski definition) is 1. The molecule has 36 heavy (non-hydrogen) atoms. The van der Waals surface area contributed by atoms with Crippen LogP contribution in [0.15, 0.2) is 84.9 Å². The minimum Gasteiger partial charge on any atom is -0.507 e. The number of aromatic hydroxyl groups is 1. The summed E-state index contributed by atoms with van der Waals surface area (Å²) in [4.78, 5) is 9.60. The number of phenols is 1. The molecule has 1 N–H and O–H groups in total. The van der Waals surface area contributed by atoms with Gasteiger partial charge < -0.3 is 9.84 Å². The number of para-hydroxylation sites is 1. The smallest absolute Gasteiger partial charge is 0.217 e. The van der Waals surface area contributed by atoms with Gasteiger partial charge in [0.25, 0.3) is 0 Å². The van der Waals surface area contributed by atoms with Gasteiger partial charge in [-0.1, -0.05) is 92.9 Å². The number of benzene rings is 5. The number of rotatable bonds is 8. The van der Waals surface area contributed by atoms with Crippen LogP contribution in [0, 0.1) is 0 Å². The van der Waals surface area contributed by atoms with Crippen LogP contribution in [0.3, 0.4) is 0 Å². The summed E-state index contributed by atoms with van der Waals surface area (Å²) in [7, 11) is 0. The van der Waals surface area contributed by atoms with Gasteiger partial charge in [-0.05, 0) is 50.9 Å². The van der Waals surface area contributed by atoms with Crippen molar-refractivity contribution in [3.05, 3.63) is 84.9 Å². The number of unbranched alkanes of at least 4 members (excludes halogenated alkanes) is 3. The Kier molecular flexibility index (Phi) is 5.86. The first-order valence-corrected chi connectivity index (χ1v) is 12.7. The first-order valence-electron chi connectivity index (χ1n) is 12.7. The third-order valence-corrected chi connectivity index (χ3v) is 6.90. The van der Waals surface area contributed by atoms with Crippen LogP contribution in [0.2, 0.25) is 0 Å². The first kappa shape index (κ1) is 22.3. The van der Waals surface area contributed by atoms with E-state index in [4.69, 9.17) is 9.72 Å². The lowest BCUT2D eigenvalue weighted by Gasteiger charge is -2.15. The average Bonchev–Trinajstić information content (AvgIpc) is 2.91. The van der Waals surface area contributed by atoms with E-state index in [0.717, 1.165) is 29.5 Å². The van der Waals surface area contributed by atoms with E-state index in [2.05, 4.69) is 66.5 Å². The van der Waals surface area contributed by atoms with E-state index in [0.29, 0.717) is 23.9 Å². The average molecular weight is 473 g/mol. The zero-order valence-electron chi connectivity index (χ0n) is 20.4. The number of ether oxygens (including phenoxy) is 1. The molecule has 6 aromatic rings. The largest absolute Gasteiger partial charge is 0.507 e. The van der Waals surface area contributed by atoms with Crippen molar-refractivity contribution in [1.29, 1.82) is 0 Å². The Bertz CT molecular complexity index is 1660. The van der Waals surface area contributed by atoms with Crippen LogP contribution in [0.5, 0.6) is 11.6 Å². The number of nitrogens with zero attached hydrogens (tertiary/aromatic N) is 2. The summed E-state index contributed by atoms with van der Waals surface area (Å²) in [5.74, 6) is 1.14. The van der Waals surface area contributed by atoms with Crippen LogP contribution >= 0.6 is 0 Å². The van der Waals surface area contributed by atoms with Gasteiger partial charge in [-0.25, -0.2) is 4.98 Å². The lowest BCUT2D eigenvalue weighted by Crippen LogP contribution is -2.02. The second kappa shape index (κ2) is 9.46. The highest BCUT2D eigenvalue weighted by molar-refractivity contribution is 6.25. The van der Waals surface area contributed by atoms with Crippen molar-refractivity contribution < 1.29 is 9.84 Å². The van der Waals surface area contributed by atoms with Crippen LogP contribution < -0.4 is 4.74 Å². The van der Waals surface area contributed by atoms with E-state index in [1.165, 1.54) is 39.8 Å². The maximum Gasteiger partial charge on any atom is 0.217 e. The highest BCUT2D eigenvalue weighted by Crippen LogP contribution is 2.40. The van der Waals surface area contributed by atoms with Crippen LogP contribution in [-0.4, -0.2) is 21.7 Å². The SMILES string of the molecule is CCCCCCOc1cc(-c2ccc3ccc4cccc5ccc2c3c45)nc(-c2ccccc2O)n1. The van der Waals surface area contributed by atoms with Gasteiger partial charge in [-0.3, -0.25) is 0 Å². The monoisotopic (exact) mass is 472 g/mol. The molecule has 0 saturated heterocycles. The molecule has 0 saturated carbocycles. The fourth-order valence-electron chi connectivity index (χ4n) is 5.08. The van der Waals surface area contributed by atoms with E-state index in [-0.39, 0.29) is 5.75 Å². The first-order chi connectivity index (χ1) is 17.7. The topological polar surface area (TPSA) is 55.2 Å². The molecule has 0 amide bonds. The zero-order valence-corrected chi connectivity index (χ0v) is 20.4. The van der Waals surface area contributed by atoms with Gasteiger partial charge in [-0.15, -0.1) is 0 Å². The van der Waals surface area contributed by atoms with Crippen molar-refractivity contribution in [2.75, 3.05) is 6.61 Å². The second-order valence-corrected chi connectivity index (χ2v) is 9.31. The van der Waals surface area contributed by atoms with Crippen molar-refractivity contribution in [2.45, 2.75) is 32.6 Å².